The van der Waals surface area contributed by atoms with Gasteiger partial charge in [0, 0.05) is 18.4 Å². The van der Waals surface area contributed by atoms with Crippen molar-refractivity contribution in [3.05, 3.63) is 41.6 Å². The number of carboxylic acids is 1. The van der Waals surface area contributed by atoms with E-state index >= 15 is 0 Å². The van der Waals surface area contributed by atoms with Crippen molar-refractivity contribution in [3.8, 4) is 6.07 Å². The molecule has 6 nitrogen and oxygen atoms in total. The summed E-state index contributed by atoms with van der Waals surface area (Å²) in [7, 11) is 0. The number of amides is 1. The first kappa shape index (κ1) is 20.2. The van der Waals surface area contributed by atoms with E-state index in [9.17, 15) is 20.0 Å². The number of aryl methyl sites for hydroxylation is 1. The number of nitriles is 1. The molecular formula is C19H25N3O3. The molecule has 1 unspecified atom stereocenters. The highest BCUT2D eigenvalue weighted by Crippen LogP contribution is 2.17. The molecule has 1 aromatic rings. The molecule has 2 N–H and O–H groups in total. The third-order valence-electron chi connectivity index (χ3n) is 3.63. The monoisotopic (exact) mass is 343 g/mol. The lowest BCUT2D eigenvalue weighted by atomic mass is 10.0. The second kappa shape index (κ2) is 9.48. The molecule has 1 rings (SSSR count). The Hall–Kier alpha value is -2.81. The fourth-order valence-corrected chi connectivity index (χ4v) is 2.38. The van der Waals surface area contributed by atoms with E-state index in [0.29, 0.717) is 13.0 Å². The zero-order valence-corrected chi connectivity index (χ0v) is 15.1. The van der Waals surface area contributed by atoms with E-state index in [4.69, 9.17) is 0 Å². The van der Waals surface area contributed by atoms with Gasteiger partial charge >= 0.3 is 5.97 Å². The van der Waals surface area contributed by atoms with Crippen LogP contribution in [0, 0.1) is 24.2 Å². The Morgan fingerprint density at radius 1 is 1.40 bits per heavy atom. The van der Waals surface area contributed by atoms with Gasteiger partial charge in [-0.3, -0.25) is 4.79 Å². The number of hydrogen-bond donors (Lipinski definition) is 2. The Balaban J connectivity index is 3.01. The molecule has 0 aliphatic carbocycles. The average Bonchev–Trinajstić information content (AvgIpc) is 2.54. The zero-order valence-electron chi connectivity index (χ0n) is 15.1. The van der Waals surface area contributed by atoms with Crippen LogP contribution in [-0.4, -0.2) is 29.6 Å². The normalized spacial score (nSPS) is 12.4. The quantitative estimate of drug-likeness (QED) is 0.559. The van der Waals surface area contributed by atoms with Crippen molar-refractivity contribution in [2.75, 3.05) is 11.4 Å². The molecule has 0 aliphatic rings. The molecule has 0 bridgehead atoms. The van der Waals surface area contributed by atoms with Crippen LogP contribution in [0.5, 0.6) is 0 Å². The van der Waals surface area contributed by atoms with E-state index in [-0.39, 0.29) is 11.5 Å². The number of carbonyl (C=O) groups is 2. The first-order valence-corrected chi connectivity index (χ1v) is 8.27. The van der Waals surface area contributed by atoms with Gasteiger partial charge in [0.2, 0.25) is 0 Å². The second-order valence-electron chi connectivity index (χ2n) is 6.27. The van der Waals surface area contributed by atoms with Crippen LogP contribution >= 0.6 is 0 Å². The third-order valence-corrected chi connectivity index (χ3v) is 3.63. The minimum atomic E-state index is -1.11. The summed E-state index contributed by atoms with van der Waals surface area (Å²) in [5.41, 5.74) is 1.80. The summed E-state index contributed by atoms with van der Waals surface area (Å²) in [6.07, 6.45) is 1.76. The fraction of sp³-hybridized carbons (Fsp3) is 0.421. The van der Waals surface area contributed by atoms with Gasteiger partial charge in [-0.25, -0.2) is 4.79 Å². The SMILES string of the molecule is CCN(/C=C(/C#N)C(=O)NC(CC(C)C)C(=O)O)c1cccc(C)c1. The number of rotatable bonds is 8. The van der Waals surface area contributed by atoms with Crippen molar-refractivity contribution in [1.82, 2.24) is 5.32 Å². The highest BCUT2D eigenvalue weighted by atomic mass is 16.4. The topological polar surface area (TPSA) is 93.4 Å². The van der Waals surface area contributed by atoms with Gasteiger partial charge in [0.15, 0.2) is 0 Å². The third kappa shape index (κ3) is 6.30. The van der Waals surface area contributed by atoms with Crippen LogP contribution in [0.2, 0.25) is 0 Å². The predicted octanol–water partition coefficient (Wildman–Crippen LogP) is 2.84. The van der Waals surface area contributed by atoms with Gasteiger partial charge in [-0.15, -0.1) is 0 Å². The summed E-state index contributed by atoms with van der Waals surface area (Å²) in [4.78, 5) is 25.4. The molecule has 0 aliphatic heterocycles. The van der Waals surface area contributed by atoms with Gasteiger partial charge in [-0.05, 0) is 43.9 Å². The van der Waals surface area contributed by atoms with Crippen LogP contribution < -0.4 is 10.2 Å². The molecule has 25 heavy (non-hydrogen) atoms. The smallest absolute Gasteiger partial charge is 0.326 e. The number of anilines is 1. The van der Waals surface area contributed by atoms with Gasteiger partial charge in [-0.2, -0.15) is 5.26 Å². The molecule has 0 saturated heterocycles. The summed E-state index contributed by atoms with van der Waals surface area (Å²) >= 11 is 0. The lowest BCUT2D eigenvalue weighted by Gasteiger charge is -2.20. The standard InChI is InChI=1S/C19H25N3O3/c1-5-22(16-8-6-7-14(4)10-16)12-15(11-20)18(23)21-17(19(24)25)9-13(2)3/h6-8,10,12-13,17H,5,9H2,1-4H3,(H,21,23)(H,24,25)/b15-12-. The number of nitrogens with one attached hydrogen (secondary N) is 1. The summed E-state index contributed by atoms with van der Waals surface area (Å²) in [5, 5.41) is 21.0. The lowest BCUT2D eigenvalue weighted by Crippen LogP contribution is -2.42. The highest BCUT2D eigenvalue weighted by molar-refractivity contribution is 5.99. The Labute approximate surface area is 148 Å². The molecule has 6 heteroatoms. The van der Waals surface area contributed by atoms with E-state index in [1.165, 1.54) is 6.20 Å². The maximum Gasteiger partial charge on any atom is 0.326 e. The number of nitrogens with zero attached hydrogens (tertiary/aromatic N) is 2. The Bertz CT molecular complexity index is 689. The first-order valence-electron chi connectivity index (χ1n) is 8.27. The highest BCUT2D eigenvalue weighted by Gasteiger charge is 2.23. The summed E-state index contributed by atoms with van der Waals surface area (Å²) in [6, 6.07) is 8.55. The largest absolute Gasteiger partial charge is 0.480 e. The lowest BCUT2D eigenvalue weighted by molar-refractivity contribution is -0.141. The van der Waals surface area contributed by atoms with Crippen molar-refractivity contribution < 1.29 is 14.7 Å². The van der Waals surface area contributed by atoms with Crippen molar-refractivity contribution >= 4 is 17.6 Å². The Kier molecular flexibility index (Phi) is 7.67. The van der Waals surface area contributed by atoms with Gasteiger partial charge in [-0.1, -0.05) is 26.0 Å². The second-order valence-corrected chi connectivity index (χ2v) is 6.27. The van der Waals surface area contributed by atoms with Crippen LogP contribution in [0.15, 0.2) is 36.0 Å². The van der Waals surface area contributed by atoms with Crippen molar-refractivity contribution in [2.24, 2.45) is 5.92 Å². The predicted molar refractivity (Wildman–Crippen MR) is 96.9 cm³/mol. The molecule has 1 aromatic carbocycles. The maximum absolute atomic E-state index is 12.3. The number of benzene rings is 1. The van der Waals surface area contributed by atoms with E-state index in [1.54, 1.807) is 4.90 Å². The number of carbonyl (C=O) groups excluding carboxylic acids is 1. The van der Waals surface area contributed by atoms with E-state index in [0.717, 1.165) is 11.3 Å². The summed E-state index contributed by atoms with van der Waals surface area (Å²) in [6.45, 7) is 8.18. The molecule has 0 fully saturated rings. The minimum absolute atomic E-state index is 0.107. The maximum atomic E-state index is 12.3. The van der Waals surface area contributed by atoms with Crippen molar-refractivity contribution in [1.29, 1.82) is 5.26 Å². The molecule has 1 atom stereocenters. The van der Waals surface area contributed by atoms with E-state index < -0.39 is 17.9 Å². The van der Waals surface area contributed by atoms with Crippen molar-refractivity contribution in [3.63, 3.8) is 0 Å². The van der Waals surface area contributed by atoms with Gasteiger partial charge in [0.25, 0.3) is 5.91 Å². The van der Waals surface area contributed by atoms with Crippen LogP contribution in [0.4, 0.5) is 5.69 Å². The molecule has 0 saturated carbocycles. The first-order chi connectivity index (χ1) is 11.8. The fourth-order valence-electron chi connectivity index (χ4n) is 2.38. The molecule has 0 heterocycles. The molecule has 0 radical (unpaired) electrons. The van der Waals surface area contributed by atoms with Gasteiger partial charge < -0.3 is 15.3 Å². The van der Waals surface area contributed by atoms with Gasteiger partial charge in [0.05, 0.1) is 0 Å². The molecule has 1 amide bonds. The van der Waals surface area contributed by atoms with E-state index in [1.807, 2.05) is 58.0 Å². The van der Waals surface area contributed by atoms with Crippen LogP contribution in [-0.2, 0) is 9.59 Å². The number of carboxylic acid groups (broad SMARTS) is 1. The molecule has 0 aromatic heterocycles. The molecule has 0 spiro atoms. The number of hydrogen-bond acceptors (Lipinski definition) is 4. The summed E-state index contributed by atoms with van der Waals surface area (Å²) in [5.74, 6) is -1.68. The molecular weight excluding hydrogens is 318 g/mol. The zero-order chi connectivity index (χ0) is 19.0. The van der Waals surface area contributed by atoms with Crippen LogP contribution in [0.1, 0.15) is 32.8 Å². The Morgan fingerprint density at radius 3 is 2.56 bits per heavy atom. The van der Waals surface area contributed by atoms with Crippen molar-refractivity contribution in [2.45, 2.75) is 40.2 Å². The average molecular weight is 343 g/mol. The molecule has 134 valence electrons. The number of aliphatic carboxylic acids is 1. The minimum Gasteiger partial charge on any atom is -0.480 e. The van der Waals surface area contributed by atoms with Crippen LogP contribution in [0.3, 0.4) is 0 Å². The van der Waals surface area contributed by atoms with Crippen LogP contribution in [0.25, 0.3) is 0 Å². The summed E-state index contributed by atoms with van der Waals surface area (Å²) < 4.78 is 0. The Morgan fingerprint density at radius 2 is 2.08 bits per heavy atom. The van der Waals surface area contributed by atoms with Gasteiger partial charge in [0.1, 0.15) is 17.7 Å². The van der Waals surface area contributed by atoms with E-state index in [2.05, 4.69) is 5.32 Å².